The van der Waals surface area contributed by atoms with Crippen molar-refractivity contribution in [2.45, 2.75) is 33.4 Å². The summed E-state index contributed by atoms with van der Waals surface area (Å²) in [4.78, 5) is 8.48. The second-order valence-corrected chi connectivity index (χ2v) is 6.26. The molecule has 26 heavy (non-hydrogen) atoms. The zero-order chi connectivity index (χ0) is 18.7. The second-order valence-electron chi connectivity index (χ2n) is 5.82. The molecule has 0 spiro atoms. The Labute approximate surface area is 158 Å². The predicted molar refractivity (Wildman–Crippen MR) is 105 cm³/mol. The summed E-state index contributed by atoms with van der Waals surface area (Å²) in [6.07, 6.45) is 3.33. The summed E-state index contributed by atoms with van der Waals surface area (Å²) in [6.45, 7) is 6.71. The Kier molecular flexibility index (Phi) is 5.36. The lowest BCUT2D eigenvalue weighted by atomic mass is 10.1. The van der Waals surface area contributed by atoms with Gasteiger partial charge in [0.2, 0.25) is 0 Å². The van der Waals surface area contributed by atoms with Crippen LogP contribution in [0.4, 0.5) is 5.69 Å². The van der Waals surface area contributed by atoms with E-state index >= 15 is 0 Å². The fraction of sp³-hybridized carbons (Fsp3) is 0.250. The van der Waals surface area contributed by atoms with Crippen molar-refractivity contribution in [2.75, 3.05) is 5.01 Å². The summed E-state index contributed by atoms with van der Waals surface area (Å²) in [5.74, 6) is 0. The number of nitrogens with one attached hydrogen (secondary N) is 1. The molecule has 1 aliphatic heterocycles. The molecule has 0 saturated carbocycles. The third-order valence-electron chi connectivity index (χ3n) is 4.20. The molecule has 132 valence electrons. The van der Waals surface area contributed by atoms with Gasteiger partial charge < -0.3 is 5.01 Å². The highest BCUT2D eigenvalue weighted by Crippen LogP contribution is 2.35. The van der Waals surface area contributed by atoms with E-state index in [4.69, 9.17) is 11.6 Å². The first-order valence-electron chi connectivity index (χ1n) is 8.62. The zero-order valence-corrected chi connectivity index (χ0v) is 15.7. The number of rotatable bonds is 2. The molecule has 1 atom stereocenters. The molecular formula is C20H20ClN5. The minimum Gasteiger partial charge on any atom is -0.303 e. The van der Waals surface area contributed by atoms with Gasteiger partial charge >= 0.3 is 0 Å². The SMILES string of the molecule is CC.CC1NN(Cc2ccc3ncc(Cl)cc3c2)c2ccnc(C#N)c21. The molecule has 6 heteroatoms. The van der Waals surface area contributed by atoms with Crippen molar-refractivity contribution < 1.29 is 0 Å². The van der Waals surface area contributed by atoms with Crippen molar-refractivity contribution in [2.24, 2.45) is 0 Å². The van der Waals surface area contributed by atoms with Crippen LogP contribution in [0.5, 0.6) is 0 Å². The number of benzene rings is 1. The van der Waals surface area contributed by atoms with Gasteiger partial charge in [-0.1, -0.05) is 31.5 Å². The van der Waals surface area contributed by atoms with Crippen molar-refractivity contribution >= 4 is 28.2 Å². The summed E-state index contributed by atoms with van der Waals surface area (Å²) in [5, 5.41) is 13.0. The average molecular weight is 366 g/mol. The fourth-order valence-corrected chi connectivity index (χ4v) is 3.31. The monoisotopic (exact) mass is 365 g/mol. The summed E-state index contributed by atoms with van der Waals surface area (Å²) in [5.41, 5.74) is 7.88. The highest BCUT2D eigenvalue weighted by molar-refractivity contribution is 6.31. The van der Waals surface area contributed by atoms with Crippen molar-refractivity contribution in [1.82, 2.24) is 15.4 Å². The van der Waals surface area contributed by atoms with Crippen LogP contribution in [0.25, 0.3) is 10.9 Å². The maximum Gasteiger partial charge on any atom is 0.147 e. The van der Waals surface area contributed by atoms with Gasteiger partial charge in [-0.25, -0.2) is 10.4 Å². The van der Waals surface area contributed by atoms with E-state index in [1.807, 2.05) is 39.0 Å². The number of hydrogen-bond donors (Lipinski definition) is 1. The lowest BCUT2D eigenvalue weighted by molar-refractivity contribution is 0.578. The van der Waals surface area contributed by atoms with Crippen LogP contribution >= 0.6 is 11.6 Å². The highest BCUT2D eigenvalue weighted by Gasteiger charge is 2.28. The van der Waals surface area contributed by atoms with Gasteiger partial charge in [-0.2, -0.15) is 5.26 Å². The van der Waals surface area contributed by atoms with Gasteiger partial charge in [-0.3, -0.25) is 4.98 Å². The van der Waals surface area contributed by atoms with E-state index in [-0.39, 0.29) is 6.04 Å². The topological polar surface area (TPSA) is 64.8 Å². The number of hydrazine groups is 1. The smallest absolute Gasteiger partial charge is 0.147 e. The number of hydrogen-bond acceptors (Lipinski definition) is 5. The Hall–Kier alpha value is -2.68. The van der Waals surface area contributed by atoms with Crippen LogP contribution in [0.2, 0.25) is 5.02 Å². The van der Waals surface area contributed by atoms with Crippen LogP contribution < -0.4 is 10.4 Å². The van der Waals surface area contributed by atoms with Gasteiger partial charge in [-0.15, -0.1) is 0 Å². The minimum absolute atomic E-state index is 0.0555. The van der Waals surface area contributed by atoms with E-state index in [1.54, 1.807) is 12.4 Å². The van der Waals surface area contributed by atoms with Crippen LogP contribution in [0.15, 0.2) is 42.7 Å². The summed E-state index contributed by atoms with van der Waals surface area (Å²) in [7, 11) is 0. The Bertz CT molecular complexity index is 980. The fourth-order valence-electron chi connectivity index (χ4n) is 3.15. The van der Waals surface area contributed by atoms with Crippen molar-refractivity contribution in [3.8, 4) is 6.07 Å². The molecule has 1 unspecified atom stereocenters. The third-order valence-corrected chi connectivity index (χ3v) is 4.41. The maximum absolute atomic E-state index is 9.26. The van der Waals surface area contributed by atoms with Crippen molar-refractivity contribution in [1.29, 1.82) is 5.26 Å². The summed E-state index contributed by atoms with van der Waals surface area (Å²) >= 11 is 6.04. The number of nitriles is 1. The lowest BCUT2D eigenvalue weighted by Gasteiger charge is -2.20. The molecule has 4 rings (SSSR count). The van der Waals surface area contributed by atoms with Crippen LogP contribution in [0, 0.1) is 11.3 Å². The largest absolute Gasteiger partial charge is 0.303 e. The molecule has 0 fully saturated rings. The van der Waals surface area contributed by atoms with Crippen molar-refractivity contribution in [3.05, 3.63) is 64.6 Å². The van der Waals surface area contributed by atoms with Crippen LogP contribution in [-0.4, -0.2) is 9.97 Å². The predicted octanol–water partition coefficient (Wildman–Crippen LogP) is 4.77. The zero-order valence-electron chi connectivity index (χ0n) is 15.0. The molecule has 0 amide bonds. The number of aromatic nitrogens is 2. The van der Waals surface area contributed by atoms with Gasteiger partial charge in [0.15, 0.2) is 0 Å². The summed E-state index contributed by atoms with van der Waals surface area (Å²) in [6, 6.07) is 12.2. The van der Waals surface area contributed by atoms with Crippen LogP contribution in [0.1, 0.15) is 43.6 Å². The molecule has 3 aromatic rings. The maximum atomic E-state index is 9.26. The second kappa shape index (κ2) is 7.69. The Morgan fingerprint density at radius 2 is 2.04 bits per heavy atom. The van der Waals surface area contributed by atoms with E-state index in [0.717, 1.165) is 27.7 Å². The normalized spacial score (nSPS) is 15.2. The van der Waals surface area contributed by atoms with E-state index in [2.05, 4.69) is 38.6 Å². The highest BCUT2D eigenvalue weighted by atomic mass is 35.5. The molecule has 0 saturated heterocycles. The Morgan fingerprint density at radius 1 is 1.23 bits per heavy atom. The first kappa shape index (κ1) is 18.1. The number of fused-ring (bicyclic) bond motifs is 2. The first-order valence-corrected chi connectivity index (χ1v) is 9.00. The number of nitrogens with zero attached hydrogens (tertiary/aromatic N) is 4. The van der Waals surface area contributed by atoms with Crippen molar-refractivity contribution in [3.63, 3.8) is 0 Å². The minimum atomic E-state index is 0.0555. The summed E-state index contributed by atoms with van der Waals surface area (Å²) < 4.78 is 0. The quantitative estimate of drug-likeness (QED) is 0.708. The molecule has 0 aliphatic carbocycles. The molecule has 3 heterocycles. The van der Waals surface area contributed by atoms with Gasteiger partial charge in [0.25, 0.3) is 0 Å². The molecule has 0 bridgehead atoms. The standard InChI is InChI=1S/C18H14ClN5.C2H6/c1-11-18-16(8-20)21-5-4-17(18)24(23-11)10-12-2-3-15-13(6-12)7-14(19)9-22-15;1-2/h2-7,9,11,23H,10H2,1H3;1-2H3. The molecule has 0 radical (unpaired) electrons. The van der Waals surface area contributed by atoms with E-state index < -0.39 is 0 Å². The van der Waals surface area contributed by atoms with Gasteiger partial charge in [0, 0.05) is 23.3 Å². The lowest BCUT2D eigenvalue weighted by Crippen LogP contribution is -2.32. The van der Waals surface area contributed by atoms with Crippen LogP contribution in [0.3, 0.4) is 0 Å². The van der Waals surface area contributed by atoms with Gasteiger partial charge in [-0.05, 0) is 36.8 Å². The number of halogens is 1. The molecule has 2 aromatic heterocycles. The van der Waals surface area contributed by atoms with Gasteiger partial charge in [0.05, 0.1) is 28.8 Å². The molecule has 1 aromatic carbocycles. The Morgan fingerprint density at radius 3 is 2.81 bits per heavy atom. The number of anilines is 1. The molecule has 1 N–H and O–H groups in total. The van der Waals surface area contributed by atoms with E-state index in [9.17, 15) is 5.26 Å². The number of pyridine rings is 2. The first-order chi connectivity index (χ1) is 12.7. The van der Waals surface area contributed by atoms with Crippen LogP contribution in [-0.2, 0) is 6.54 Å². The van der Waals surface area contributed by atoms with E-state index in [0.29, 0.717) is 17.3 Å². The average Bonchev–Trinajstić information content (AvgIpc) is 2.99. The Balaban J connectivity index is 0.000000948. The molecular weight excluding hydrogens is 346 g/mol. The van der Waals surface area contributed by atoms with E-state index in [1.165, 1.54) is 0 Å². The van der Waals surface area contributed by atoms with Gasteiger partial charge in [0.1, 0.15) is 11.8 Å². The molecule has 5 nitrogen and oxygen atoms in total. The molecule has 1 aliphatic rings. The third kappa shape index (κ3) is 3.34.